The zero-order valence-electron chi connectivity index (χ0n) is 19.6. The van der Waals surface area contributed by atoms with Crippen LogP contribution in [0.2, 0.25) is 0 Å². The molecule has 0 spiro atoms. The Balaban J connectivity index is 1.32. The summed E-state index contributed by atoms with van der Waals surface area (Å²) in [6.07, 6.45) is 3.59. The SMILES string of the molecule is CCOc1ccc(C(=O)NCC(=O)N(C)CCCCCc2cc(-c3cccc(F)c3)n[nH]2)cc1. The lowest BCUT2D eigenvalue weighted by Crippen LogP contribution is -2.38. The van der Waals surface area contributed by atoms with Crippen LogP contribution in [0, 0.1) is 5.82 Å². The Kier molecular flexibility index (Phi) is 9.20. The Hall–Kier alpha value is -3.68. The molecule has 2 N–H and O–H groups in total. The number of aromatic amines is 1. The zero-order valence-corrected chi connectivity index (χ0v) is 19.6. The van der Waals surface area contributed by atoms with E-state index in [4.69, 9.17) is 4.74 Å². The highest BCUT2D eigenvalue weighted by atomic mass is 19.1. The summed E-state index contributed by atoms with van der Waals surface area (Å²) >= 11 is 0. The number of amides is 2. The summed E-state index contributed by atoms with van der Waals surface area (Å²) < 4.78 is 18.7. The van der Waals surface area contributed by atoms with Crippen LogP contribution in [-0.4, -0.2) is 53.7 Å². The van der Waals surface area contributed by atoms with Gasteiger partial charge in [0.1, 0.15) is 11.6 Å². The predicted octanol–water partition coefficient (Wildman–Crippen LogP) is 4.22. The van der Waals surface area contributed by atoms with Gasteiger partial charge in [-0.1, -0.05) is 18.6 Å². The maximum absolute atomic E-state index is 13.4. The van der Waals surface area contributed by atoms with E-state index >= 15 is 0 Å². The average Bonchev–Trinajstić information content (AvgIpc) is 3.31. The summed E-state index contributed by atoms with van der Waals surface area (Å²) in [5, 5.41) is 9.94. The predicted molar refractivity (Wildman–Crippen MR) is 129 cm³/mol. The monoisotopic (exact) mass is 466 g/mol. The first kappa shape index (κ1) is 25.0. The van der Waals surface area contributed by atoms with Gasteiger partial charge in [0.05, 0.1) is 18.8 Å². The van der Waals surface area contributed by atoms with Gasteiger partial charge in [0.15, 0.2) is 0 Å². The third-order valence-electron chi connectivity index (χ3n) is 5.44. The molecular weight excluding hydrogens is 435 g/mol. The maximum atomic E-state index is 13.4. The fourth-order valence-corrected chi connectivity index (χ4v) is 3.51. The highest BCUT2D eigenvalue weighted by Gasteiger charge is 2.12. The van der Waals surface area contributed by atoms with Crippen molar-refractivity contribution in [3.63, 3.8) is 0 Å². The molecule has 0 bridgehead atoms. The van der Waals surface area contributed by atoms with Crippen LogP contribution < -0.4 is 10.1 Å². The van der Waals surface area contributed by atoms with Crippen molar-refractivity contribution in [2.75, 3.05) is 26.7 Å². The molecule has 8 heteroatoms. The molecule has 180 valence electrons. The van der Waals surface area contributed by atoms with E-state index in [0.717, 1.165) is 42.6 Å². The van der Waals surface area contributed by atoms with Crippen molar-refractivity contribution in [1.29, 1.82) is 0 Å². The molecule has 0 atom stereocenters. The zero-order chi connectivity index (χ0) is 24.3. The van der Waals surface area contributed by atoms with E-state index in [-0.39, 0.29) is 24.2 Å². The highest BCUT2D eigenvalue weighted by Crippen LogP contribution is 2.19. The lowest BCUT2D eigenvalue weighted by atomic mass is 10.1. The number of hydrogen-bond acceptors (Lipinski definition) is 4. The van der Waals surface area contributed by atoms with Crippen LogP contribution in [0.4, 0.5) is 4.39 Å². The van der Waals surface area contributed by atoms with Crippen LogP contribution in [0.1, 0.15) is 42.2 Å². The van der Waals surface area contributed by atoms with Crippen LogP contribution in [0.25, 0.3) is 11.3 Å². The van der Waals surface area contributed by atoms with E-state index in [1.165, 1.54) is 12.1 Å². The molecule has 3 aromatic rings. The normalized spacial score (nSPS) is 10.7. The van der Waals surface area contributed by atoms with Gasteiger partial charge in [-0.2, -0.15) is 5.10 Å². The molecule has 1 aromatic heterocycles. The number of rotatable bonds is 12. The summed E-state index contributed by atoms with van der Waals surface area (Å²) in [5.41, 5.74) is 2.96. The molecule has 0 unspecified atom stereocenters. The summed E-state index contributed by atoms with van der Waals surface area (Å²) in [6, 6.07) is 15.1. The number of ether oxygens (including phenoxy) is 1. The van der Waals surface area contributed by atoms with Crippen molar-refractivity contribution in [2.24, 2.45) is 0 Å². The number of unbranched alkanes of at least 4 members (excludes halogenated alkanes) is 2. The Labute approximate surface area is 199 Å². The van der Waals surface area contributed by atoms with Gasteiger partial charge in [0.25, 0.3) is 5.91 Å². The summed E-state index contributed by atoms with van der Waals surface area (Å²) in [5.74, 6) is 0.000388. The van der Waals surface area contributed by atoms with Crippen LogP contribution in [0.5, 0.6) is 5.75 Å². The summed E-state index contributed by atoms with van der Waals surface area (Å²) in [6.45, 7) is 3.04. The van der Waals surface area contributed by atoms with Crippen molar-refractivity contribution >= 4 is 11.8 Å². The third kappa shape index (κ3) is 7.43. The Morgan fingerprint density at radius 3 is 2.62 bits per heavy atom. The Morgan fingerprint density at radius 2 is 1.88 bits per heavy atom. The second kappa shape index (κ2) is 12.5. The van der Waals surface area contributed by atoms with E-state index in [9.17, 15) is 14.0 Å². The van der Waals surface area contributed by atoms with Crippen LogP contribution >= 0.6 is 0 Å². The number of carbonyl (C=O) groups excluding carboxylic acids is 2. The van der Waals surface area contributed by atoms with Crippen LogP contribution in [-0.2, 0) is 11.2 Å². The van der Waals surface area contributed by atoms with Crippen molar-refractivity contribution in [3.8, 4) is 17.0 Å². The minimum Gasteiger partial charge on any atom is -0.494 e. The Bertz CT molecular complexity index is 1080. The first-order valence-electron chi connectivity index (χ1n) is 11.5. The molecule has 0 aliphatic rings. The molecule has 0 saturated carbocycles. The van der Waals surface area contributed by atoms with Crippen molar-refractivity contribution in [3.05, 3.63) is 71.7 Å². The van der Waals surface area contributed by atoms with Crippen molar-refractivity contribution in [2.45, 2.75) is 32.6 Å². The molecule has 1 heterocycles. The number of H-pyrrole nitrogens is 1. The quantitative estimate of drug-likeness (QED) is 0.392. The minimum absolute atomic E-state index is 0.0421. The number of aryl methyl sites for hydroxylation is 1. The number of hydrogen-bond donors (Lipinski definition) is 2. The molecule has 0 aliphatic carbocycles. The number of nitrogens with one attached hydrogen (secondary N) is 2. The number of aromatic nitrogens is 2. The maximum Gasteiger partial charge on any atom is 0.251 e. The molecule has 0 fully saturated rings. The van der Waals surface area contributed by atoms with E-state index in [0.29, 0.717) is 24.5 Å². The third-order valence-corrected chi connectivity index (χ3v) is 5.44. The van der Waals surface area contributed by atoms with Gasteiger partial charge in [-0.3, -0.25) is 14.7 Å². The molecule has 0 saturated heterocycles. The number of benzene rings is 2. The molecular formula is C26H31FN4O3. The molecule has 2 amide bonds. The second-order valence-corrected chi connectivity index (χ2v) is 8.05. The van der Waals surface area contributed by atoms with Gasteiger partial charge < -0.3 is 15.0 Å². The van der Waals surface area contributed by atoms with Gasteiger partial charge in [0, 0.05) is 30.4 Å². The van der Waals surface area contributed by atoms with Crippen LogP contribution in [0.3, 0.4) is 0 Å². The molecule has 2 aromatic carbocycles. The fraction of sp³-hybridized carbons (Fsp3) is 0.346. The molecule has 7 nitrogen and oxygen atoms in total. The number of halogens is 1. The number of carbonyl (C=O) groups is 2. The Morgan fingerprint density at radius 1 is 1.09 bits per heavy atom. The van der Waals surface area contributed by atoms with E-state index in [1.807, 2.05) is 19.1 Å². The molecule has 0 radical (unpaired) electrons. The largest absolute Gasteiger partial charge is 0.494 e. The first-order valence-corrected chi connectivity index (χ1v) is 11.5. The molecule has 3 rings (SSSR count). The lowest BCUT2D eigenvalue weighted by molar-refractivity contribution is -0.128. The van der Waals surface area contributed by atoms with Crippen molar-refractivity contribution < 1.29 is 18.7 Å². The topological polar surface area (TPSA) is 87.3 Å². The van der Waals surface area contributed by atoms with Gasteiger partial charge in [-0.15, -0.1) is 0 Å². The van der Waals surface area contributed by atoms with Crippen LogP contribution in [0.15, 0.2) is 54.6 Å². The highest BCUT2D eigenvalue weighted by molar-refractivity contribution is 5.96. The number of likely N-dealkylation sites (N-methyl/N-ethyl adjacent to an activating group) is 1. The average molecular weight is 467 g/mol. The lowest BCUT2D eigenvalue weighted by Gasteiger charge is -2.17. The van der Waals surface area contributed by atoms with E-state index in [2.05, 4.69) is 15.5 Å². The smallest absolute Gasteiger partial charge is 0.251 e. The van der Waals surface area contributed by atoms with Gasteiger partial charge in [-0.25, -0.2) is 4.39 Å². The number of nitrogens with zero attached hydrogens (tertiary/aromatic N) is 2. The summed E-state index contributed by atoms with van der Waals surface area (Å²) in [4.78, 5) is 26.2. The minimum atomic E-state index is -0.290. The molecule has 34 heavy (non-hydrogen) atoms. The van der Waals surface area contributed by atoms with Gasteiger partial charge in [-0.05, 0) is 68.7 Å². The van der Waals surface area contributed by atoms with E-state index < -0.39 is 0 Å². The second-order valence-electron chi connectivity index (χ2n) is 8.05. The van der Waals surface area contributed by atoms with Gasteiger partial charge in [0.2, 0.25) is 5.91 Å². The fourth-order valence-electron chi connectivity index (χ4n) is 3.51. The molecule has 0 aliphatic heterocycles. The standard InChI is InChI=1S/C26H31FN4O3/c1-3-34-23-13-11-19(12-14-23)26(33)28-18-25(32)31(2)15-6-4-5-10-22-17-24(30-29-22)20-8-7-9-21(27)16-20/h7-9,11-14,16-17H,3-6,10,15,18H2,1-2H3,(H,28,33)(H,29,30). The van der Waals surface area contributed by atoms with Gasteiger partial charge >= 0.3 is 0 Å². The van der Waals surface area contributed by atoms with Crippen molar-refractivity contribution in [1.82, 2.24) is 20.4 Å². The first-order chi connectivity index (χ1) is 16.5. The van der Waals surface area contributed by atoms with E-state index in [1.54, 1.807) is 42.3 Å². The summed E-state index contributed by atoms with van der Waals surface area (Å²) in [7, 11) is 1.74.